The van der Waals surface area contributed by atoms with Gasteiger partial charge in [0.15, 0.2) is 11.0 Å². The molecule has 0 radical (unpaired) electrons. The molecule has 3 rings (SSSR count). The van der Waals surface area contributed by atoms with Crippen LogP contribution >= 0.6 is 11.8 Å². The van der Waals surface area contributed by atoms with Crippen LogP contribution in [0.3, 0.4) is 0 Å². The first kappa shape index (κ1) is 19.9. The van der Waals surface area contributed by atoms with Crippen molar-refractivity contribution in [3.63, 3.8) is 0 Å². The molecule has 0 aliphatic rings. The van der Waals surface area contributed by atoms with Crippen LogP contribution in [0.1, 0.15) is 20.3 Å². The number of pyridine rings is 1. The lowest BCUT2D eigenvalue weighted by molar-refractivity contribution is -0.119. The Bertz CT molecular complexity index is 929. The third kappa shape index (κ3) is 4.69. The summed E-state index contributed by atoms with van der Waals surface area (Å²) in [4.78, 5) is 16.6. The molecule has 1 N–H and O–H groups in total. The first-order valence-corrected chi connectivity index (χ1v) is 10.0. The van der Waals surface area contributed by atoms with Gasteiger partial charge in [0, 0.05) is 18.3 Å². The van der Waals surface area contributed by atoms with Crippen molar-refractivity contribution >= 4 is 17.7 Å². The van der Waals surface area contributed by atoms with Crippen LogP contribution < -0.4 is 10.1 Å². The van der Waals surface area contributed by atoms with Crippen molar-refractivity contribution in [2.24, 2.45) is 0 Å². The molecule has 3 aromatic rings. The fraction of sp³-hybridized carbons (Fsp3) is 0.300. The molecule has 0 bridgehead atoms. The number of carbonyl (C=O) groups excluding carboxylic acids is 1. The van der Waals surface area contributed by atoms with Gasteiger partial charge in [-0.1, -0.05) is 30.8 Å². The number of hydrogen-bond donors (Lipinski definition) is 1. The highest BCUT2D eigenvalue weighted by Gasteiger charge is 2.18. The number of nitrogens with zero attached hydrogens (tertiary/aromatic N) is 4. The molecule has 0 fully saturated rings. The lowest BCUT2D eigenvalue weighted by Crippen LogP contribution is -2.33. The van der Waals surface area contributed by atoms with E-state index in [0.29, 0.717) is 16.7 Å². The molecule has 2 heterocycles. The average molecular weight is 398 g/mol. The van der Waals surface area contributed by atoms with Crippen LogP contribution in [0.5, 0.6) is 5.75 Å². The van der Waals surface area contributed by atoms with E-state index < -0.39 is 0 Å². The van der Waals surface area contributed by atoms with Gasteiger partial charge >= 0.3 is 0 Å². The van der Waals surface area contributed by atoms with Crippen LogP contribution in [0.4, 0.5) is 0 Å². The topological polar surface area (TPSA) is 81.9 Å². The average Bonchev–Trinajstić information content (AvgIpc) is 3.16. The second-order valence-corrected chi connectivity index (χ2v) is 7.17. The van der Waals surface area contributed by atoms with Gasteiger partial charge in [0.2, 0.25) is 5.91 Å². The zero-order chi connectivity index (χ0) is 19.9. The lowest BCUT2D eigenvalue weighted by Gasteiger charge is -2.12. The normalized spacial score (nSPS) is 11.8. The number of rotatable bonds is 8. The van der Waals surface area contributed by atoms with Crippen LogP contribution in [0.25, 0.3) is 17.2 Å². The molecule has 146 valence electrons. The van der Waals surface area contributed by atoms with E-state index in [1.807, 2.05) is 60.9 Å². The zero-order valence-electron chi connectivity index (χ0n) is 16.1. The van der Waals surface area contributed by atoms with Crippen molar-refractivity contribution in [3.8, 4) is 23.0 Å². The summed E-state index contributed by atoms with van der Waals surface area (Å²) in [6, 6.07) is 13.4. The van der Waals surface area contributed by atoms with Crippen molar-refractivity contribution in [2.45, 2.75) is 31.5 Å². The summed E-state index contributed by atoms with van der Waals surface area (Å²) in [5, 5.41) is 12.2. The van der Waals surface area contributed by atoms with E-state index in [1.54, 1.807) is 13.3 Å². The van der Waals surface area contributed by atoms with Crippen molar-refractivity contribution < 1.29 is 9.53 Å². The number of thioether (sulfide) groups is 1. The van der Waals surface area contributed by atoms with Gasteiger partial charge in [-0.25, -0.2) is 0 Å². The lowest BCUT2D eigenvalue weighted by atomic mass is 10.2. The molecule has 1 atom stereocenters. The second kappa shape index (κ2) is 9.36. The highest BCUT2D eigenvalue weighted by molar-refractivity contribution is 7.99. The molecule has 1 amide bonds. The summed E-state index contributed by atoms with van der Waals surface area (Å²) in [6.07, 6.45) is 2.60. The van der Waals surface area contributed by atoms with E-state index in [0.717, 1.165) is 17.9 Å². The summed E-state index contributed by atoms with van der Waals surface area (Å²) < 4.78 is 7.25. The number of nitrogens with one attached hydrogen (secondary N) is 1. The Morgan fingerprint density at radius 2 is 2.11 bits per heavy atom. The molecule has 0 aliphatic carbocycles. The Kier molecular flexibility index (Phi) is 6.65. The predicted octanol–water partition coefficient (Wildman–Crippen LogP) is 3.34. The molecule has 1 aromatic carbocycles. The van der Waals surface area contributed by atoms with Crippen LogP contribution in [0.15, 0.2) is 53.8 Å². The maximum atomic E-state index is 12.2. The van der Waals surface area contributed by atoms with Gasteiger partial charge < -0.3 is 10.1 Å². The summed E-state index contributed by atoms with van der Waals surface area (Å²) in [6.45, 7) is 4.02. The summed E-state index contributed by atoms with van der Waals surface area (Å²) >= 11 is 1.34. The molecule has 8 heteroatoms. The first-order valence-electron chi connectivity index (χ1n) is 9.05. The molecule has 0 saturated heterocycles. The number of ether oxygens (including phenoxy) is 1. The number of amides is 1. The smallest absolute Gasteiger partial charge is 0.230 e. The van der Waals surface area contributed by atoms with Gasteiger partial charge in [-0.2, -0.15) is 0 Å². The Morgan fingerprint density at radius 1 is 1.25 bits per heavy atom. The van der Waals surface area contributed by atoms with Crippen LogP contribution in [-0.2, 0) is 4.79 Å². The van der Waals surface area contributed by atoms with Gasteiger partial charge in [-0.05, 0) is 37.6 Å². The van der Waals surface area contributed by atoms with Crippen molar-refractivity contribution in [1.82, 2.24) is 25.1 Å². The minimum atomic E-state index is -0.0288. The molecular weight excluding hydrogens is 374 g/mol. The Morgan fingerprint density at radius 3 is 2.82 bits per heavy atom. The summed E-state index contributed by atoms with van der Waals surface area (Å²) in [7, 11) is 1.62. The standard InChI is InChI=1S/C20H23N5O2S/c1-4-14(2)22-18(26)13-28-20-24-23-19(17-10-5-6-11-21-17)25(20)15-8-7-9-16(12-15)27-3/h5-12,14H,4,13H2,1-3H3,(H,22,26). The van der Waals surface area contributed by atoms with Gasteiger partial charge in [0.25, 0.3) is 0 Å². The summed E-state index contributed by atoms with van der Waals surface area (Å²) in [5.41, 5.74) is 1.54. The number of hydrogen-bond acceptors (Lipinski definition) is 6. The van der Waals surface area contributed by atoms with Crippen molar-refractivity contribution in [3.05, 3.63) is 48.7 Å². The monoisotopic (exact) mass is 397 g/mol. The second-order valence-electron chi connectivity index (χ2n) is 6.22. The van der Waals surface area contributed by atoms with E-state index >= 15 is 0 Å². The highest BCUT2D eigenvalue weighted by Crippen LogP contribution is 2.28. The van der Waals surface area contributed by atoms with Gasteiger partial charge in [0.1, 0.15) is 11.4 Å². The van der Waals surface area contributed by atoms with Crippen molar-refractivity contribution in [2.75, 3.05) is 12.9 Å². The van der Waals surface area contributed by atoms with E-state index in [2.05, 4.69) is 20.5 Å². The van der Waals surface area contributed by atoms with Crippen LogP contribution in [0, 0.1) is 0 Å². The number of aromatic nitrogens is 4. The van der Waals surface area contributed by atoms with Crippen LogP contribution in [0.2, 0.25) is 0 Å². The molecule has 28 heavy (non-hydrogen) atoms. The minimum Gasteiger partial charge on any atom is -0.497 e. The molecule has 0 aliphatic heterocycles. The van der Waals surface area contributed by atoms with E-state index in [9.17, 15) is 4.79 Å². The Hall–Kier alpha value is -2.87. The first-order chi connectivity index (χ1) is 13.6. The quantitative estimate of drug-likeness (QED) is 0.587. The fourth-order valence-corrected chi connectivity index (χ4v) is 3.32. The minimum absolute atomic E-state index is 0.0288. The van der Waals surface area contributed by atoms with E-state index in [1.165, 1.54) is 11.8 Å². The SMILES string of the molecule is CCC(C)NC(=O)CSc1nnc(-c2ccccn2)n1-c1cccc(OC)c1. The summed E-state index contributed by atoms with van der Waals surface area (Å²) in [5.74, 6) is 1.57. The maximum absolute atomic E-state index is 12.2. The highest BCUT2D eigenvalue weighted by atomic mass is 32.2. The zero-order valence-corrected chi connectivity index (χ0v) is 16.9. The van der Waals surface area contributed by atoms with Gasteiger partial charge in [-0.15, -0.1) is 10.2 Å². The number of methoxy groups -OCH3 is 1. The molecule has 2 aromatic heterocycles. The number of benzene rings is 1. The predicted molar refractivity (Wildman–Crippen MR) is 110 cm³/mol. The molecule has 0 saturated carbocycles. The van der Waals surface area contributed by atoms with Crippen LogP contribution in [-0.4, -0.2) is 44.6 Å². The third-order valence-electron chi connectivity index (χ3n) is 4.19. The third-order valence-corrected chi connectivity index (χ3v) is 5.12. The molecular formula is C20H23N5O2S. The van der Waals surface area contributed by atoms with E-state index in [-0.39, 0.29) is 17.7 Å². The largest absolute Gasteiger partial charge is 0.497 e. The van der Waals surface area contributed by atoms with Crippen molar-refractivity contribution in [1.29, 1.82) is 0 Å². The Labute approximate surface area is 168 Å². The van der Waals surface area contributed by atoms with E-state index in [4.69, 9.17) is 4.74 Å². The molecule has 0 spiro atoms. The molecule has 1 unspecified atom stereocenters. The maximum Gasteiger partial charge on any atom is 0.230 e. The van der Waals surface area contributed by atoms with Gasteiger partial charge in [0.05, 0.1) is 18.6 Å². The van der Waals surface area contributed by atoms with Gasteiger partial charge in [-0.3, -0.25) is 14.3 Å². The fourth-order valence-electron chi connectivity index (χ4n) is 2.56. The number of carbonyl (C=O) groups is 1. The Balaban J connectivity index is 1.94. The molecule has 7 nitrogen and oxygen atoms in total.